The summed E-state index contributed by atoms with van der Waals surface area (Å²) in [5, 5.41) is 12.3. The van der Waals surface area contributed by atoms with Crippen LogP contribution in [0.1, 0.15) is 29.2 Å². The molecule has 18 heavy (non-hydrogen) atoms. The van der Waals surface area contributed by atoms with Gasteiger partial charge in [-0.15, -0.1) is 0 Å². The van der Waals surface area contributed by atoms with E-state index in [0.29, 0.717) is 13.0 Å². The highest BCUT2D eigenvalue weighted by Crippen LogP contribution is 2.35. The molecule has 0 radical (unpaired) electrons. The second-order valence-corrected chi connectivity index (χ2v) is 4.94. The molecular weight excluding hydrogens is 230 g/mol. The summed E-state index contributed by atoms with van der Waals surface area (Å²) in [5.74, 6) is -0.169. The summed E-state index contributed by atoms with van der Waals surface area (Å²) in [6, 6.07) is 4.22. The summed E-state index contributed by atoms with van der Waals surface area (Å²) in [6.45, 7) is 4.58. The van der Waals surface area contributed by atoms with E-state index < -0.39 is 5.97 Å². The fourth-order valence-electron chi connectivity index (χ4n) is 2.69. The molecule has 1 aromatic rings. The number of benzene rings is 1. The van der Waals surface area contributed by atoms with Gasteiger partial charge in [0.2, 0.25) is 0 Å². The molecule has 0 aliphatic carbocycles. The smallest absolute Gasteiger partial charge is 0.307 e. The van der Waals surface area contributed by atoms with E-state index in [0.717, 1.165) is 16.9 Å². The summed E-state index contributed by atoms with van der Waals surface area (Å²) < 4.78 is 5.45. The molecule has 2 N–H and O–H groups in total. The number of hydrogen-bond donors (Lipinski definition) is 2. The topological polar surface area (TPSA) is 58.6 Å². The second kappa shape index (κ2) is 4.98. The van der Waals surface area contributed by atoms with Crippen LogP contribution >= 0.6 is 0 Å². The number of nitrogens with one attached hydrogen (secondary N) is 1. The first-order valence-electron chi connectivity index (χ1n) is 6.14. The van der Waals surface area contributed by atoms with Gasteiger partial charge in [-0.05, 0) is 25.8 Å². The molecule has 4 nitrogen and oxygen atoms in total. The fraction of sp³-hybridized carbons (Fsp3) is 0.500. The predicted molar refractivity (Wildman–Crippen MR) is 69.0 cm³/mol. The number of carbonyl (C=O) groups is 1. The van der Waals surface area contributed by atoms with Crippen molar-refractivity contribution in [2.45, 2.75) is 26.3 Å². The largest absolute Gasteiger partial charge is 0.496 e. The lowest BCUT2D eigenvalue weighted by Crippen LogP contribution is -2.17. The van der Waals surface area contributed by atoms with Gasteiger partial charge in [0, 0.05) is 18.2 Å². The third-order valence-electron chi connectivity index (χ3n) is 3.51. The van der Waals surface area contributed by atoms with Crippen molar-refractivity contribution >= 4 is 5.97 Å². The molecule has 1 aromatic carbocycles. The van der Waals surface area contributed by atoms with Gasteiger partial charge in [0.05, 0.1) is 13.0 Å². The number of aliphatic carboxylic acids is 1. The van der Waals surface area contributed by atoms with E-state index in [4.69, 9.17) is 9.84 Å². The Labute approximate surface area is 107 Å². The number of hydrogen-bond acceptors (Lipinski definition) is 3. The van der Waals surface area contributed by atoms with E-state index in [1.807, 2.05) is 13.8 Å². The van der Waals surface area contributed by atoms with Gasteiger partial charge in [0.1, 0.15) is 5.75 Å². The second-order valence-electron chi connectivity index (χ2n) is 4.94. The van der Waals surface area contributed by atoms with E-state index in [1.165, 1.54) is 5.56 Å². The normalized spacial score (nSPS) is 23.1. The Bertz CT molecular complexity index is 470. The van der Waals surface area contributed by atoms with Crippen LogP contribution in [0.2, 0.25) is 0 Å². The molecule has 1 heterocycles. The first kappa shape index (κ1) is 12.9. The quantitative estimate of drug-likeness (QED) is 0.860. The van der Waals surface area contributed by atoms with Crippen molar-refractivity contribution < 1.29 is 14.6 Å². The molecule has 1 saturated heterocycles. The number of ether oxygens (including phenoxy) is 1. The SMILES string of the molecule is COc1c(C)cc(C)cc1C1CC(C(=O)O)CN1. The van der Waals surface area contributed by atoms with Crippen molar-refractivity contribution in [3.05, 3.63) is 28.8 Å². The molecule has 0 bridgehead atoms. The Kier molecular flexibility index (Phi) is 3.57. The van der Waals surface area contributed by atoms with E-state index in [1.54, 1.807) is 7.11 Å². The Morgan fingerprint density at radius 1 is 1.44 bits per heavy atom. The maximum atomic E-state index is 11.0. The number of methoxy groups -OCH3 is 1. The van der Waals surface area contributed by atoms with Crippen LogP contribution in [0.4, 0.5) is 0 Å². The van der Waals surface area contributed by atoms with Gasteiger partial charge in [-0.25, -0.2) is 0 Å². The van der Waals surface area contributed by atoms with Crippen molar-refractivity contribution in [3.63, 3.8) is 0 Å². The highest BCUT2D eigenvalue weighted by Gasteiger charge is 2.31. The number of carboxylic acid groups (broad SMARTS) is 1. The maximum Gasteiger partial charge on any atom is 0.307 e. The van der Waals surface area contributed by atoms with Gasteiger partial charge >= 0.3 is 5.97 Å². The molecule has 0 amide bonds. The van der Waals surface area contributed by atoms with Crippen molar-refractivity contribution in [1.82, 2.24) is 5.32 Å². The van der Waals surface area contributed by atoms with Crippen molar-refractivity contribution in [2.24, 2.45) is 5.92 Å². The van der Waals surface area contributed by atoms with Crippen LogP contribution in [0.15, 0.2) is 12.1 Å². The molecule has 0 aromatic heterocycles. The average Bonchev–Trinajstić information content (AvgIpc) is 2.77. The molecule has 0 saturated carbocycles. The molecule has 4 heteroatoms. The minimum Gasteiger partial charge on any atom is -0.496 e. The van der Waals surface area contributed by atoms with Gasteiger partial charge in [0.15, 0.2) is 0 Å². The third-order valence-corrected chi connectivity index (χ3v) is 3.51. The number of carboxylic acids is 1. The average molecular weight is 249 g/mol. The van der Waals surface area contributed by atoms with Crippen LogP contribution in [-0.2, 0) is 4.79 Å². The Morgan fingerprint density at radius 3 is 2.72 bits per heavy atom. The van der Waals surface area contributed by atoms with E-state index in [9.17, 15) is 4.79 Å². The highest BCUT2D eigenvalue weighted by atomic mass is 16.5. The van der Waals surface area contributed by atoms with Crippen LogP contribution in [0.3, 0.4) is 0 Å². The monoisotopic (exact) mass is 249 g/mol. The lowest BCUT2D eigenvalue weighted by Gasteiger charge is -2.18. The molecule has 2 rings (SSSR count). The van der Waals surface area contributed by atoms with Crippen molar-refractivity contribution in [1.29, 1.82) is 0 Å². The Balaban J connectivity index is 2.31. The van der Waals surface area contributed by atoms with Gasteiger partial charge in [0.25, 0.3) is 0 Å². The predicted octanol–water partition coefficient (Wildman–Crippen LogP) is 2.05. The lowest BCUT2D eigenvalue weighted by atomic mass is 9.96. The lowest BCUT2D eigenvalue weighted by molar-refractivity contribution is -0.141. The van der Waals surface area contributed by atoms with Crippen LogP contribution < -0.4 is 10.1 Å². The van der Waals surface area contributed by atoms with Crippen LogP contribution in [0, 0.1) is 19.8 Å². The molecule has 2 unspecified atom stereocenters. The zero-order valence-corrected chi connectivity index (χ0v) is 11.0. The molecule has 1 fully saturated rings. The number of aryl methyl sites for hydroxylation is 2. The summed E-state index contributed by atoms with van der Waals surface area (Å²) in [7, 11) is 1.66. The van der Waals surface area contributed by atoms with E-state index in [-0.39, 0.29) is 12.0 Å². The third kappa shape index (κ3) is 2.34. The Morgan fingerprint density at radius 2 is 2.17 bits per heavy atom. The standard InChI is InChI=1S/C14H19NO3/c1-8-4-9(2)13(18-3)11(5-8)12-6-10(7-15-12)14(16)17/h4-5,10,12,15H,6-7H2,1-3H3,(H,16,17). The van der Waals surface area contributed by atoms with Crippen LogP contribution in [-0.4, -0.2) is 24.7 Å². The van der Waals surface area contributed by atoms with Crippen LogP contribution in [0.25, 0.3) is 0 Å². The number of rotatable bonds is 3. The minimum atomic E-state index is -0.728. The molecule has 0 spiro atoms. The first-order chi connectivity index (χ1) is 8.52. The van der Waals surface area contributed by atoms with E-state index >= 15 is 0 Å². The summed E-state index contributed by atoms with van der Waals surface area (Å²) in [4.78, 5) is 11.0. The van der Waals surface area contributed by atoms with E-state index in [2.05, 4.69) is 17.4 Å². The van der Waals surface area contributed by atoms with Gasteiger partial charge in [-0.2, -0.15) is 0 Å². The van der Waals surface area contributed by atoms with Crippen molar-refractivity contribution in [2.75, 3.05) is 13.7 Å². The van der Waals surface area contributed by atoms with Crippen molar-refractivity contribution in [3.8, 4) is 5.75 Å². The molecular formula is C14H19NO3. The first-order valence-corrected chi connectivity index (χ1v) is 6.14. The van der Waals surface area contributed by atoms with Gasteiger partial charge in [-0.3, -0.25) is 4.79 Å². The summed E-state index contributed by atoms with van der Waals surface area (Å²) in [6.07, 6.45) is 0.620. The van der Waals surface area contributed by atoms with Gasteiger partial charge in [-0.1, -0.05) is 17.7 Å². The minimum absolute atomic E-state index is 0.0691. The highest BCUT2D eigenvalue weighted by molar-refractivity contribution is 5.71. The van der Waals surface area contributed by atoms with Gasteiger partial charge < -0.3 is 15.2 Å². The maximum absolute atomic E-state index is 11.0. The molecule has 1 aliphatic rings. The summed E-state index contributed by atoms with van der Waals surface area (Å²) >= 11 is 0. The molecule has 98 valence electrons. The zero-order valence-electron chi connectivity index (χ0n) is 11.0. The Hall–Kier alpha value is -1.55. The van der Waals surface area contributed by atoms with Crippen LogP contribution in [0.5, 0.6) is 5.75 Å². The zero-order chi connectivity index (χ0) is 13.3. The molecule has 1 aliphatic heterocycles. The summed E-state index contributed by atoms with van der Waals surface area (Å²) in [5.41, 5.74) is 3.33. The molecule has 2 atom stereocenters. The fourth-order valence-corrected chi connectivity index (χ4v) is 2.69.